The molecule has 0 amide bonds. The topological polar surface area (TPSA) is 61.4 Å². The molecule has 17 heavy (non-hydrogen) atoms. The van der Waals surface area contributed by atoms with Crippen molar-refractivity contribution < 1.29 is 0 Å². The van der Waals surface area contributed by atoms with Crippen molar-refractivity contribution in [2.45, 2.75) is 0 Å². The zero-order valence-electron chi connectivity index (χ0n) is 8.60. The van der Waals surface area contributed by atoms with E-state index in [9.17, 15) is 0 Å². The van der Waals surface area contributed by atoms with Gasteiger partial charge >= 0.3 is 0 Å². The molecule has 3 rings (SSSR count). The summed E-state index contributed by atoms with van der Waals surface area (Å²) in [6.45, 7) is 0. The predicted molar refractivity (Wildman–Crippen MR) is 61.3 cm³/mol. The SMILES string of the molecule is Clc1cnc(-n2cccn2)nc1-n1cccn1. The molecule has 3 heterocycles. The van der Waals surface area contributed by atoms with Crippen LogP contribution in [0.25, 0.3) is 11.8 Å². The molecule has 0 bridgehead atoms. The Bertz CT molecular complexity index is 616. The van der Waals surface area contributed by atoms with Gasteiger partial charge in [-0.25, -0.2) is 14.3 Å². The first-order chi connectivity index (χ1) is 8.34. The van der Waals surface area contributed by atoms with E-state index >= 15 is 0 Å². The first-order valence-electron chi connectivity index (χ1n) is 4.87. The maximum absolute atomic E-state index is 6.03. The Morgan fingerprint density at radius 3 is 2.35 bits per heavy atom. The van der Waals surface area contributed by atoms with Crippen LogP contribution >= 0.6 is 11.6 Å². The second kappa shape index (κ2) is 3.99. The Morgan fingerprint density at radius 2 is 1.71 bits per heavy atom. The normalized spacial score (nSPS) is 10.6. The van der Waals surface area contributed by atoms with Crippen LogP contribution in [0.15, 0.2) is 43.1 Å². The van der Waals surface area contributed by atoms with Gasteiger partial charge in [0.15, 0.2) is 5.82 Å². The lowest BCUT2D eigenvalue weighted by Gasteiger charge is -2.05. The Hall–Kier alpha value is -2.21. The van der Waals surface area contributed by atoms with Crippen LogP contribution in [-0.2, 0) is 0 Å². The number of nitrogens with zero attached hydrogens (tertiary/aromatic N) is 6. The molecule has 3 aromatic rings. The van der Waals surface area contributed by atoms with Crippen LogP contribution in [0, 0.1) is 0 Å². The lowest BCUT2D eigenvalue weighted by Crippen LogP contribution is -2.06. The van der Waals surface area contributed by atoms with Gasteiger partial charge in [0.05, 0.1) is 6.20 Å². The quantitative estimate of drug-likeness (QED) is 0.688. The molecule has 7 heteroatoms. The van der Waals surface area contributed by atoms with Gasteiger partial charge in [0.1, 0.15) is 5.02 Å². The highest BCUT2D eigenvalue weighted by Crippen LogP contribution is 2.16. The number of rotatable bonds is 2. The molecule has 0 aliphatic carbocycles. The lowest BCUT2D eigenvalue weighted by atomic mass is 10.5. The molecule has 0 saturated heterocycles. The lowest BCUT2D eigenvalue weighted by molar-refractivity contribution is 0.774. The van der Waals surface area contributed by atoms with E-state index in [0.717, 1.165) is 0 Å². The van der Waals surface area contributed by atoms with E-state index in [0.29, 0.717) is 16.8 Å². The molecule has 0 spiro atoms. The van der Waals surface area contributed by atoms with Crippen molar-refractivity contribution in [2.24, 2.45) is 0 Å². The zero-order chi connectivity index (χ0) is 11.7. The molecule has 0 aromatic carbocycles. The number of halogens is 1. The fourth-order valence-electron chi connectivity index (χ4n) is 1.40. The molecule has 0 saturated carbocycles. The Labute approximate surface area is 102 Å². The van der Waals surface area contributed by atoms with E-state index < -0.39 is 0 Å². The van der Waals surface area contributed by atoms with E-state index in [1.165, 1.54) is 6.20 Å². The van der Waals surface area contributed by atoms with Crippen LogP contribution in [0.5, 0.6) is 0 Å². The third-order valence-electron chi connectivity index (χ3n) is 2.14. The van der Waals surface area contributed by atoms with Crippen LogP contribution in [0.3, 0.4) is 0 Å². The standard InChI is InChI=1S/C10H7ClN6/c11-8-7-12-10(17-6-2-4-14-17)15-9(8)16-5-1-3-13-16/h1-7H. The maximum Gasteiger partial charge on any atom is 0.252 e. The minimum Gasteiger partial charge on any atom is -0.221 e. The van der Waals surface area contributed by atoms with Crippen molar-refractivity contribution in [2.75, 3.05) is 0 Å². The van der Waals surface area contributed by atoms with E-state index in [2.05, 4.69) is 20.2 Å². The Balaban J connectivity index is 2.13. The molecule has 6 nitrogen and oxygen atoms in total. The molecule has 0 aliphatic rings. The zero-order valence-corrected chi connectivity index (χ0v) is 9.36. The predicted octanol–water partition coefficient (Wildman–Crippen LogP) is 1.50. The number of hydrogen-bond acceptors (Lipinski definition) is 4. The molecule has 0 N–H and O–H groups in total. The van der Waals surface area contributed by atoms with Gasteiger partial charge in [0.25, 0.3) is 5.95 Å². The third kappa shape index (κ3) is 1.78. The van der Waals surface area contributed by atoms with Gasteiger partial charge in [0, 0.05) is 24.8 Å². The van der Waals surface area contributed by atoms with Crippen molar-refractivity contribution in [3.8, 4) is 11.8 Å². The van der Waals surface area contributed by atoms with E-state index in [1.54, 1.807) is 46.3 Å². The molecule has 0 fully saturated rings. The van der Waals surface area contributed by atoms with Crippen LogP contribution in [0.1, 0.15) is 0 Å². The minimum absolute atomic E-state index is 0.435. The van der Waals surface area contributed by atoms with Crippen molar-refractivity contribution in [3.05, 3.63) is 48.1 Å². The minimum atomic E-state index is 0.435. The summed E-state index contributed by atoms with van der Waals surface area (Å²) in [6, 6.07) is 3.59. The average Bonchev–Trinajstić information content (AvgIpc) is 3.03. The number of hydrogen-bond donors (Lipinski definition) is 0. The van der Waals surface area contributed by atoms with Crippen molar-refractivity contribution in [1.82, 2.24) is 29.5 Å². The molecule has 3 aromatic heterocycles. The van der Waals surface area contributed by atoms with E-state index in [1.807, 2.05) is 0 Å². The summed E-state index contributed by atoms with van der Waals surface area (Å²) in [6.07, 6.45) is 8.37. The third-order valence-corrected chi connectivity index (χ3v) is 2.41. The maximum atomic E-state index is 6.03. The highest BCUT2D eigenvalue weighted by Gasteiger charge is 2.08. The largest absolute Gasteiger partial charge is 0.252 e. The molecule has 0 unspecified atom stereocenters. The summed E-state index contributed by atoms with van der Waals surface area (Å²) >= 11 is 6.03. The molecule has 0 aliphatic heterocycles. The van der Waals surface area contributed by atoms with Gasteiger partial charge < -0.3 is 0 Å². The first kappa shape index (κ1) is 9.98. The van der Waals surface area contributed by atoms with Crippen LogP contribution < -0.4 is 0 Å². The average molecular weight is 247 g/mol. The molecule has 0 atom stereocenters. The van der Waals surface area contributed by atoms with E-state index in [-0.39, 0.29) is 0 Å². The van der Waals surface area contributed by atoms with Gasteiger partial charge in [-0.05, 0) is 12.1 Å². The van der Waals surface area contributed by atoms with Crippen molar-refractivity contribution in [3.63, 3.8) is 0 Å². The Kier molecular flexibility index (Phi) is 2.34. The van der Waals surface area contributed by atoms with Gasteiger partial charge in [-0.1, -0.05) is 11.6 Å². The summed E-state index contributed by atoms with van der Waals surface area (Å²) in [5.74, 6) is 0.974. The molecule has 0 radical (unpaired) electrons. The van der Waals surface area contributed by atoms with Gasteiger partial charge in [0.2, 0.25) is 0 Å². The Morgan fingerprint density at radius 1 is 1.00 bits per heavy atom. The molecular formula is C10H7ClN6. The van der Waals surface area contributed by atoms with Gasteiger partial charge in [-0.15, -0.1) is 0 Å². The first-order valence-corrected chi connectivity index (χ1v) is 5.25. The van der Waals surface area contributed by atoms with Crippen LogP contribution in [0.4, 0.5) is 0 Å². The fourth-order valence-corrected chi connectivity index (χ4v) is 1.58. The monoisotopic (exact) mass is 246 g/mol. The fraction of sp³-hybridized carbons (Fsp3) is 0. The summed E-state index contributed by atoms with van der Waals surface area (Å²) in [4.78, 5) is 8.42. The summed E-state index contributed by atoms with van der Waals surface area (Å²) < 4.78 is 3.14. The van der Waals surface area contributed by atoms with Crippen molar-refractivity contribution in [1.29, 1.82) is 0 Å². The molecule has 84 valence electrons. The second-order valence-electron chi connectivity index (χ2n) is 3.24. The van der Waals surface area contributed by atoms with Gasteiger partial charge in [-0.2, -0.15) is 15.2 Å². The smallest absolute Gasteiger partial charge is 0.221 e. The summed E-state index contributed by atoms with van der Waals surface area (Å²) in [7, 11) is 0. The highest BCUT2D eigenvalue weighted by atomic mass is 35.5. The van der Waals surface area contributed by atoms with Crippen LogP contribution in [0.2, 0.25) is 5.02 Å². The summed E-state index contributed by atoms with van der Waals surface area (Å²) in [5, 5.41) is 8.57. The van der Waals surface area contributed by atoms with E-state index in [4.69, 9.17) is 11.6 Å². The molecular weight excluding hydrogens is 240 g/mol. The van der Waals surface area contributed by atoms with Crippen molar-refractivity contribution >= 4 is 11.6 Å². The van der Waals surface area contributed by atoms with Gasteiger partial charge in [-0.3, -0.25) is 0 Å². The van der Waals surface area contributed by atoms with Crippen LogP contribution in [-0.4, -0.2) is 29.5 Å². The summed E-state index contributed by atoms with van der Waals surface area (Å²) in [5.41, 5.74) is 0. The highest BCUT2D eigenvalue weighted by molar-refractivity contribution is 6.32. The number of aromatic nitrogens is 6. The second-order valence-corrected chi connectivity index (χ2v) is 3.65.